The van der Waals surface area contributed by atoms with Gasteiger partial charge in [0, 0.05) is 17.3 Å². The molecule has 11 heteroatoms. The molecule has 0 saturated heterocycles. The van der Waals surface area contributed by atoms with Gasteiger partial charge in [-0.05, 0) is 47.5 Å². The molecule has 174 valence electrons. The molecule has 0 aliphatic carbocycles. The van der Waals surface area contributed by atoms with Crippen molar-refractivity contribution in [1.82, 2.24) is 10.6 Å². The molecule has 3 aromatic rings. The van der Waals surface area contributed by atoms with E-state index in [2.05, 4.69) is 10.6 Å². The number of hydrogen-bond donors (Lipinski definition) is 4. The molecule has 4 N–H and O–H groups in total. The molecule has 1 unspecified atom stereocenters. The van der Waals surface area contributed by atoms with Gasteiger partial charge in [0.05, 0.1) is 12.8 Å². The van der Waals surface area contributed by atoms with E-state index in [1.54, 1.807) is 30.3 Å². The molecule has 7 nitrogen and oxygen atoms in total. The Morgan fingerprint density at radius 1 is 1.00 bits per heavy atom. The number of carbonyl (C=O) groups is 2. The number of furan rings is 1. The minimum absolute atomic E-state index is 0.0126. The lowest BCUT2D eigenvalue weighted by Crippen LogP contribution is -2.52. The molecule has 0 bridgehead atoms. The fourth-order valence-electron chi connectivity index (χ4n) is 2.92. The summed E-state index contributed by atoms with van der Waals surface area (Å²) in [5, 5.41) is 17.4. The summed E-state index contributed by atoms with van der Waals surface area (Å²) in [6.45, 7) is -1.17. The first-order valence-electron chi connectivity index (χ1n) is 9.59. The number of amides is 3. The van der Waals surface area contributed by atoms with Gasteiger partial charge in [0.15, 0.2) is 5.76 Å². The normalized spacial score (nSPS) is 13.1. The molecule has 1 heterocycles. The molecule has 33 heavy (non-hydrogen) atoms. The predicted molar refractivity (Wildman–Crippen MR) is 115 cm³/mol. The molecule has 0 radical (unpaired) electrons. The first-order valence-corrected chi connectivity index (χ1v) is 9.97. The summed E-state index contributed by atoms with van der Waals surface area (Å²) in [6.07, 6.45) is -3.70. The van der Waals surface area contributed by atoms with E-state index in [0.717, 1.165) is 12.1 Å². The number of hydrogen-bond acceptors (Lipinski definition) is 4. The Morgan fingerprint density at radius 2 is 1.76 bits per heavy atom. The Morgan fingerprint density at radius 3 is 2.42 bits per heavy atom. The lowest BCUT2D eigenvalue weighted by atomic mass is 9.93. The van der Waals surface area contributed by atoms with Crippen LogP contribution in [0.15, 0.2) is 71.3 Å². The molecule has 2 aromatic carbocycles. The average molecular weight is 482 g/mol. The molecule has 3 amide bonds. The quantitative estimate of drug-likeness (QED) is 0.400. The van der Waals surface area contributed by atoms with Crippen molar-refractivity contribution in [2.24, 2.45) is 0 Å². The Kier molecular flexibility index (Phi) is 7.29. The van der Waals surface area contributed by atoms with Gasteiger partial charge >= 0.3 is 12.2 Å². The molecule has 1 aromatic heterocycles. The maximum Gasteiger partial charge on any atom is 0.423 e. The minimum Gasteiger partial charge on any atom is -0.459 e. The third-order valence-electron chi connectivity index (χ3n) is 4.66. The van der Waals surface area contributed by atoms with Crippen molar-refractivity contribution >= 4 is 29.2 Å². The van der Waals surface area contributed by atoms with Gasteiger partial charge in [-0.15, -0.1) is 0 Å². The molecular formula is C22H19ClF3N3O4. The highest BCUT2D eigenvalue weighted by Gasteiger charge is 2.55. The lowest BCUT2D eigenvalue weighted by molar-refractivity contribution is -0.263. The number of alkyl halides is 3. The second-order valence-corrected chi connectivity index (χ2v) is 7.47. The van der Waals surface area contributed by atoms with Crippen molar-refractivity contribution in [2.75, 3.05) is 11.9 Å². The van der Waals surface area contributed by atoms with E-state index in [0.29, 0.717) is 11.3 Å². The predicted octanol–water partition coefficient (Wildman–Crippen LogP) is 4.43. The number of benzene rings is 2. The van der Waals surface area contributed by atoms with E-state index in [9.17, 15) is 27.9 Å². The van der Waals surface area contributed by atoms with Gasteiger partial charge in [0.1, 0.15) is 0 Å². The first kappa shape index (κ1) is 24.1. The smallest absolute Gasteiger partial charge is 0.423 e. The molecule has 1 atom stereocenters. The van der Waals surface area contributed by atoms with Crippen molar-refractivity contribution < 1.29 is 32.3 Å². The summed E-state index contributed by atoms with van der Waals surface area (Å²) in [5.41, 5.74) is -2.82. The summed E-state index contributed by atoms with van der Waals surface area (Å²) in [6, 6.07) is 13.3. The lowest BCUT2D eigenvalue weighted by Gasteiger charge is -2.31. The Labute approximate surface area is 191 Å². The number of carbonyl (C=O) groups excluding carboxylic acids is 2. The zero-order chi connectivity index (χ0) is 24.1. The van der Waals surface area contributed by atoms with Crippen molar-refractivity contribution in [1.29, 1.82) is 0 Å². The zero-order valence-corrected chi connectivity index (χ0v) is 17.7. The third-order valence-corrected chi connectivity index (χ3v) is 4.89. The second-order valence-electron chi connectivity index (χ2n) is 7.04. The molecule has 0 fully saturated rings. The van der Waals surface area contributed by atoms with E-state index < -0.39 is 35.8 Å². The van der Waals surface area contributed by atoms with Crippen molar-refractivity contribution in [2.45, 2.75) is 18.3 Å². The Balaban J connectivity index is 1.59. The largest absolute Gasteiger partial charge is 0.459 e. The van der Waals surface area contributed by atoms with Crippen LogP contribution in [0.25, 0.3) is 0 Å². The molecular weight excluding hydrogens is 463 g/mol. The monoisotopic (exact) mass is 481 g/mol. The van der Waals surface area contributed by atoms with Crippen molar-refractivity contribution in [3.8, 4) is 0 Å². The highest BCUT2D eigenvalue weighted by atomic mass is 35.5. The fourth-order valence-corrected chi connectivity index (χ4v) is 3.11. The maximum atomic E-state index is 13.6. The number of nitrogens with one attached hydrogen (secondary N) is 3. The zero-order valence-electron chi connectivity index (χ0n) is 16.9. The first-order chi connectivity index (χ1) is 15.6. The van der Waals surface area contributed by atoms with Gasteiger partial charge in [-0.3, -0.25) is 4.79 Å². The molecule has 3 rings (SSSR count). The van der Waals surface area contributed by atoms with E-state index in [1.165, 1.54) is 24.5 Å². The third kappa shape index (κ3) is 6.05. The fraction of sp³-hybridized carbons (Fsp3) is 0.182. The summed E-state index contributed by atoms with van der Waals surface area (Å²) in [5.74, 6) is -0.343. The van der Waals surface area contributed by atoms with Crippen LogP contribution in [0.3, 0.4) is 0 Å². The van der Waals surface area contributed by atoms with Crippen LogP contribution in [-0.4, -0.2) is 29.8 Å². The van der Waals surface area contributed by atoms with E-state index in [-0.39, 0.29) is 17.3 Å². The van der Waals surface area contributed by atoms with Gasteiger partial charge < -0.3 is 25.5 Å². The Bertz CT molecular complexity index is 1120. The van der Waals surface area contributed by atoms with Gasteiger partial charge in [0.25, 0.3) is 5.91 Å². The van der Waals surface area contributed by atoms with Crippen LogP contribution in [0.2, 0.25) is 5.02 Å². The Hall–Kier alpha value is -3.50. The summed E-state index contributed by atoms with van der Waals surface area (Å²) in [4.78, 5) is 24.1. The van der Waals surface area contributed by atoms with Crippen LogP contribution < -0.4 is 16.0 Å². The van der Waals surface area contributed by atoms with Gasteiger partial charge in [0.2, 0.25) is 5.60 Å². The summed E-state index contributed by atoms with van der Waals surface area (Å²) >= 11 is 5.74. The number of urea groups is 1. The SMILES string of the molecule is O=C(NCc1cccc(NC(=O)c2ccco2)c1)NCC(O)(c1cccc(Cl)c1)C(F)(F)F. The standard InChI is InChI=1S/C22H19ClF3N3O4/c23-16-6-2-5-15(11-16)21(32,22(24,25)26)13-28-20(31)27-12-14-4-1-7-17(10-14)29-19(30)18-8-3-9-33-18/h1-11,32H,12-13H2,(H,29,30)(H2,27,28,31). The van der Waals surface area contributed by atoms with Crippen molar-refractivity contribution in [3.05, 3.63) is 88.8 Å². The highest BCUT2D eigenvalue weighted by Crippen LogP contribution is 2.39. The van der Waals surface area contributed by atoms with Crippen LogP contribution in [0.4, 0.5) is 23.7 Å². The molecule has 0 aliphatic heterocycles. The van der Waals surface area contributed by atoms with Gasteiger partial charge in [-0.25, -0.2) is 4.79 Å². The van der Waals surface area contributed by atoms with Gasteiger partial charge in [-0.2, -0.15) is 13.2 Å². The second kappa shape index (κ2) is 9.97. The number of rotatable bonds is 7. The van der Waals surface area contributed by atoms with Crippen LogP contribution >= 0.6 is 11.6 Å². The average Bonchev–Trinajstić information content (AvgIpc) is 3.31. The topological polar surface area (TPSA) is 104 Å². The molecule has 0 aliphatic rings. The van der Waals surface area contributed by atoms with Crippen LogP contribution in [-0.2, 0) is 12.1 Å². The van der Waals surface area contributed by atoms with Crippen molar-refractivity contribution in [3.63, 3.8) is 0 Å². The van der Waals surface area contributed by atoms with E-state index >= 15 is 0 Å². The van der Waals surface area contributed by atoms with Crippen LogP contribution in [0, 0.1) is 0 Å². The van der Waals surface area contributed by atoms with Crippen LogP contribution in [0.1, 0.15) is 21.7 Å². The minimum atomic E-state index is -5.06. The summed E-state index contributed by atoms with van der Waals surface area (Å²) < 4.78 is 45.7. The highest BCUT2D eigenvalue weighted by molar-refractivity contribution is 6.30. The molecule has 0 spiro atoms. The summed E-state index contributed by atoms with van der Waals surface area (Å²) in [7, 11) is 0. The number of halogens is 4. The van der Waals surface area contributed by atoms with E-state index in [1.807, 2.05) is 5.32 Å². The van der Waals surface area contributed by atoms with Crippen LogP contribution in [0.5, 0.6) is 0 Å². The van der Waals surface area contributed by atoms with Gasteiger partial charge in [-0.1, -0.05) is 35.9 Å². The van der Waals surface area contributed by atoms with E-state index in [4.69, 9.17) is 16.0 Å². The maximum absolute atomic E-state index is 13.6. The number of anilines is 1. The molecule has 0 saturated carbocycles. The number of aliphatic hydroxyl groups is 1.